The Bertz CT molecular complexity index is 423. The van der Waals surface area contributed by atoms with Gasteiger partial charge in [0.1, 0.15) is 5.69 Å². The highest BCUT2D eigenvalue weighted by atomic mass is 16.5. The van der Waals surface area contributed by atoms with Gasteiger partial charge in [-0.1, -0.05) is 6.92 Å². The number of hydrogen-bond acceptors (Lipinski definition) is 4. The third kappa shape index (κ3) is 4.49. The van der Waals surface area contributed by atoms with E-state index >= 15 is 0 Å². The molecule has 1 atom stereocenters. The van der Waals surface area contributed by atoms with Gasteiger partial charge in [0.2, 0.25) is 0 Å². The standard InChI is InChI=1S/C15H25N3O2/c1-5-12(3)18(9-10-20-4)15(19)14-11-13(16-6-2)7-8-17-14/h7-8,11-12H,5-6,9-10H2,1-4H3,(H,16,17). The summed E-state index contributed by atoms with van der Waals surface area (Å²) in [4.78, 5) is 18.6. The van der Waals surface area contributed by atoms with E-state index in [1.54, 1.807) is 19.4 Å². The lowest BCUT2D eigenvalue weighted by Crippen LogP contribution is -2.40. The molecule has 0 fully saturated rings. The number of nitrogens with zero attached hydrogens (tertiary/aromatic N) is 2. The lowest BCUT2D eigenvalue weighted by Gasteiger charge is -2.28. The predicted octanol–water partition coefficient (Wildman–Crippen LogP) is 2.40. The molecule has 1 unspecified atom stereocenters. The van der Waals surface area contributed by atoms with Crippen LogP contribution in [0.15, 0.2) is 18.3 Å². The van der Waals surface area contributed by atoms with Gasteiger partial charge in [-0.05, 0) is 32.4 Å². The predicted molar refractivity (Wildman–Crippen MR) is 81.1 cm³/mol. The zero-order valence-corrected chi connectivity index (χ0v) is 12.8. The van der Waals surface area contributed by atoms with Gasteiger partial charge < -0.3 is 15.0 Å². The van der Waals surface area contributed by atoms with Crippen LogP contribution in [0.5, 0.6) is 0 Å². The molecule has 0 aromatic carbocycles. The number of carbonyl (C=O) groups is 1. The van der Waals surface area contributed by atoms with Gasteiger partial charge in [0.15, 0.2) is 0 Å². The van der Waals surface area contributed by atoms with Gasteiger partial charge in [0.05, 0.1) is 6.61 Å². The fourth-order valence-electron chi connectivity index (χ4n) is 1.94. The molecule has 5 heteroatoms. The molecule has 0 aliphatic carbocycles. The fourth-order valence-corrected chi connectivity index (χ4v) is 1.94. The summed E-state index contributed by atoms with van der Waals surface area (Å²) in [5.74, 6) is -0.0452. The lowest BCUT2D eigenvalue weighted by atomic mass is 10.2. The van der Waals surface area contributed by atoms with Gasteiger partial charge in [0, 0.05) is 38.1 Å². The van der Waals surface area contributed by atoms with E-state index in [1.807, 2.05) is 24.8 Å². The molecule has 1 amide bonds. The maximum absolute atomic E-state index is 12.6. The minimum Gasteiger partial charge on any atom is -0.385 e. The Morgan fingerprint density at radius 2 is 2.25 bits per heavy atom. The van der Waals surface area contributed by atoms with Crippen LogP contribution in [0, 0.1) is 0 Å². The largest absolute Gasteiger partial charge is 0.385 e. The Morgan fingerprint density at radius 3 is 2.85 bits per heavy atom. The molecule has 1 aromatic heterocycles. The van der Waals surface area contributed by atoms with E-state index in [-0.39, 0.29) is 11.9 Å². The van der Waals surface area contributed by atoms with Crippen molar-refractivity contribution in [1.82, 2.24) is 9.88 Å². The van der Waals surface area contributed by atoms with Crippen molar-refractivity contribution in [2.24, 2.45) is 0 Å². The number of nitrogens with one attached hydrogen (secondary N) is 1. The van der Waals surface area contributed by atoms with E-state index in [4.69, 9.17) is 4.74 Å². The maximum Gasteiger partial charge on any atom is 0.272 e. The van der Waals surface area contributed by atoms with E-state index in [1.165, 1.54) is 0 Å². The van der Waals surface area contributed by atoms with Gasteiger partial charge in [-0.3, -0.25) is 9.78 Å². The molecule has 1 rings (SSSR count). The second-order valence-electron chi connectivity index (χ2n) is 4.71. The Balaban J connectivity index is 2.89. The number of amides is 1. The number of rotatable bonds is 8. The zero-order valence-electron chi connectivity index (χ0n) is 12.8. The molecule has 0 aliphatic rings. The number of carbonyl (C=O) groups excluding carboxylic acids is 1. The molecule has 0 radical (unpaired) electrons. The average molecular weight is 279 g/mol. The van der Waals surface area contributed by atoms with Crippen LogP contribution in [0.25, 0.3) is 0 Å². The van der Waals surface area contributed by atoms with Crippen molar-refractivity contribution in [3.63, 3.8) is 0 Å². The van der Waals surface area contributed by atoms with Crippen LogP contribution in [0.3, 0.4) is 0 Å². The third-order valence-electron chi connectivity index (χ3n) is 3.28. The number of hydrogen-bond donors (Lipinski definition) is 1. The van der Waals surface area contributed by atoms with Crippen molar-refractivity contribution in [2.75, 3.05) is 32.1 Å². The van der Waals surface area contributed by atoms with Crippen LogP contribution in [-0.2, 0) is 4.74 Å². The highest BCUT2D eigenvalue weighted by Gasteiger charge is 2.21. The number of aromatic nitrogens is 1. The zero-order chi connectivity index (χ0) is 15.0. The summed E-state index contributed by atoms with van der Waals surface area (Å²) in [7, 11) is 1.64. The number of pyridine rings is 1. The van der Waals surface area contributed by atoms with Crippen LogP contribution < -0.4 is 5.32 Å². The third-order valence-corrected chi connectivity index (χ3v) is 3.28. The highest BCUT2D eigenvalue weighted by Crippen LogP contribution is 2.13. The van der Waals surface area contributed by atoms with Crippen LogP contribution in [-0.4, -0.2) is 48.6 Å². The van der Waals surface area contributed by atoms with Crippen LogP contribution >= 0.6 is 0 Å². The minimum atomic E-state index is -0.0452. The number of anilines is 1. The molecule has 1 heterocycles. The van der Waals surface area contributed by atoms with E-state index in [0.717, 1.165) is 18.7 Å². The second kappa shape index (κ2) is 8.53. The maximum atomic E-state index is 12.6. The normalized spacial score (nSPS) is 12.0. The first-order valence-electron chi connectivity index (χ1n) is 7.13. The van der Waals surface area contributed by atoms with E-state index in [9.17, 15) is 4.79 Å². The van der Waals surface area contributed by atoms with Crippen LogP contribution in [0.1, 0.15) is 37.7 Å². The number of ether oxygens (including phenoxy) is 1. The quantitative estimate of drug-likeness (QED) is 0.794. The van der Waals surface area contributed by atoms with Crippen molar-refractivity contribution in [1.29, 1.82) is 0 Å². The first-order valence-corrected chi connectivity index (χ1v) is 7.13. The van der Waals surface area contributed by atoms with Gasteiger partial charge in [-0.25, -0.2) is 0 Å². The molecular formula is C15H25N3O2. The average Bonchev–Trinajstić information content (AvgIpc) is 2.47. The van der Waals surface area contributed by atoms with Gasteiger partial charge in [-0.15, -0.1) is 0 Å². The Morgan fingerprint density at radius 1 is 1.50 bits per heavy atom. The SMILES string of the molecule is CCNc1ccnc(C(=O)N(CCOC)C(C)CC)c1. The summed E-state index contributed by atoms with van der Waals surface area (Å²) >= 11 is 0. The summed E-state index contributed by atoms with van der Waals surface area (Å²) in [5.41, 5.74) is 1.39. The Kier molecular flexibility index (Phi) is 7.01. The summed E-state index contributed by atoms with van der Waals surface area (Å²) in [6, 6.07) is 3.83. The summed E-state index contributed by atoms with van der Waals surface area (Å²) < 4.78 is 5.09. The van der Waals surface area contributed by atoms with Crippen molar-refractivity contribution in [2.45, 2.75) is 33.2 Å². The van der Waals surface area contributed by atoms with E-state index in [0.29, 0.717) is 18.8 Å². The smallest absolute Gasteiger partial charge is 0.272 e. The van der Waals surface area contributed by atoms with Crippen molar-refractivity contribution < 1.29 is 9.53 Å². The fraction of sp³-hybridized carbons (Fsp3) is 0.600. The highest BCUT2D eigenvalue weighted by molar-refractivity contribution is 5.93. The van der Waals surface area contributed by atoms with Gasteiger partial charge in [-0.2, -0.15) is 0 Å². The molecule has 5 nitrogen and oxygen atoms in total. The van der Waals surface area contributed by atoms with Crippen LogP contribution in [0.4, 0.5) is 5.69 Å². The van der Waals surface area contributed by atoms with Crippen molar-refractivity contribution in [3.8, 4) is 0 Å². The topological polar surface area (TPSA) is 54.5 Å². The molecule has 0 spiro atoms. The molecule has 1 aromatic rings. The number of methoxy groups -OCH3 is 1. The molecule has 112 valence electrons. The lowest BCUT2D eigenvalue weighted by molar-refractivity contribution is 0.0608. The second-order valence-corrected chi connectivity index (χ2v) is 4.71. The van der Waals surface area contributed by atoms with E-state index < -0.39 is 0 Å². The molecule has 0 saturated heterocycles. The Labute approximate surface area is 121 Å². The molecule has 0 saturated carbocycles. The first-order chi connectivity index (χ1) is 9.63. The monoisotopic (exact) mass is 279 g/mol. The summed E-state index contributed by atoms with van der Waals surface area (Å²) in [5, 5.41) is 3.19. The summed E-state index contributed by atoms with van der Waals surface area (Å²) in [6.45, 7) is 8.06. The van der Waals surface area contributed by atoms with E-state index in [2.05, 4.69) is 17.2 Å². The minimum absolute atomic E-state index is 0.0452. The van der Waals surface area contributed by atoms with Crippen molar-refractivity contribution in [3.05, 3.63) is 24.0 Å². The molecule has 1 N–H and O–H groups in total. The molecule has 0 bridgehead atoms. The van der Waals surface area contributed by atoms with Gasteiger partial charge in [0.25, 0.3) is 5.91 Å². The summed E-state index contributed by atoms with van der Waals surface area (Å²) in [6.07, 6.45) is 2.57. The first kappa shape index (κ1) is 16.4. The van der Waals surface area contributed by atoms with Crippen molar-refractivity contribution >= 4 is 11.6 Å². The molecular weight excluding hydrogens is 254 g/mol. The Hall–Kier alpha value is -1.62. The molecule has 20 heavy (non-hydrogen) atoms. The van der Waals surface area contributed by atoms with Gasteiger partial charge >= 0.3 is 0 Å². The van der Waals surface area contributed by atoms with Crippen LogP contribution in [0.2, 0.25) is 0 Å². The molecule has 0 aliphatic heterocycles.